The van der Waals surface area contributed by atoms with E-state index in [9.17, 15) is 22.8 Å². The predicted molar refractivity (Wildman–Crippen MR) is 63.2 cm³/mol. The van der Waals surface area contributed by atoms with Gasteiger partial charge in [0.25, 0.3) is 0 Å². The highest BCUT2D eigenvalue weighted by Crippen LogP contribution is 2.45. The maximum absolute atomic E-state index is 13.0. The van der Waals surface area contributed by atoms with E-state index in [1.165, 1.54) is 0 Å². The Hall–Kier alpha value is -1.55. The lowest BCUT2D eigenvalue weighted by Gasteiger charge is -2.30. The summed E-state index contributed by atoms with van der Waals surface area (Å²) in [7, 11) is 0. The van der Waals surface area contributed by atoms with E-state index >= 15 is 0 Å². The smallest absolute Gasteiger partial charge is 0.406 e. The number of nitrogens with zero attached hydrogens (tertiary/aromatic N) is 2. The topological polar surface area (TPSA) is 82.1 Å². The molecule has 0 spiro atoms. The van der Waals surface area contributed by atoms with Gasteiger partial charge in [0, 0.05) is 26.2 Å². The van der Waals surface area contributed by atoms with E-state index in [-0.39, 0.29) is 6.54 Å². The lowest BCUT2D eigenvalue weighted by Crippen LogP contribution is -2.54. The van der Waals surface area contributed by atoms with Crippen molar-refractivity contribution in [3.05, 3.63) is 0 Å². The summed E-state index contributed by atoms with van der Waals surface area (Å²) in [5.74, 6) is -1.95. The number of aliphatic carboxylic acids is 1. The molecule has 0 saturated carbocycles. The number of amides is 2. The molecule has 2 fully saturated rings. The number of carboxylic acid groups (broad SMARTS) is 1. The highest BCUT2D eigenvalue weighted by molar-refractivity contribution is 5.80. The van der Waals surface area contributed by atoms with Crippen molar-refractivity contribution >= 4 is 12.0 Å². The lowest BCUT2D eigenvalue weighted by atomic mass is 9.86. The van der Waals surface area contributed by atoms with Crippen molar-refractivity contribution in [1.82, 2.24) is 15.3 Å². The molecule has 0 bridgehead atoms. The van der Waals surface area contributed by atoms with Gasteiger partial charge in [0.2, 0.25) is 0 Å². The number of halogens is 3. The first-order valence-corrected chi connectivity index (χ1v) is 6.45. The van der Waals surface area contributed by atoms with Crippen LogP contribution in [0.3, 0.4) is 0 Å². The summed E-state index contributed by atoms with van der Waals surface area (Å²) < 4.78 is 44.1. The molecule has 2 saturated heterocycles. The Kier molecular flexibility index (Phi) is 4.28. The van der Waals surface area contributed by atoms with Crippen molar-refractivity contribution in [2.24, 2.45) is 5.41 Å². The molecule has 2 aliphatic heterocycles. The van der Waals surface area contributed by atoms with E-state index < -0.39 is 36.6 Å². The van der Waals surface area contributed by atoms with Gasteiger partial charge in [0.15, 0.2) is 5.41 Å². The normalized spacial score (nSPS) is 27.7. The van der Waals surface area contributed by atoms with E-state index in [0.717, 1.165) is 4.90 Å². The number of nitrogens with one attached hydrogen (secondary N) is 1. The Bertz CT molecular complexity index is 425. The minimum absolute atomic E-state index is 0.248. The molecule has 2 heterocycles. The molecule has 2 aliphatic rings. The third-order valence-electron chi connectivity index (χ3n) is 3.77. The predicted octanol–water partition coefficient (Wildman–Crippen LogP) is 0.282. The van der Waals surface area contributed by atoms with Crippen LogP contribution in [0.4, 0.5) is 18.0 Å². The Labute approximate surface area is 118 Å². The zero-order valence-corrected chi connectivity index (χ0v) is 11.2. The second-order valence-corrected chi connectivity index (χ2v) is 5.07. The first kappa shape index (κ1) is 15.8. The number of morpholine rings is 1. The fraction of sp³-hybridized carbons (Fsp3) is 0.818. The molecule has 2 rings (SSSR count). The fourth-order valence-electron chi connectivity index (χ4n) is 2.39. The number of likely N-dealkylation sites (tertiary alicyclic amines) is 1. The minimum atomic E-state index is -4.90. The Morgan fingerprint density at radius 3 is 2.29 bits per heavy atom. The maximum Gasteiger partial charge on any atom is 0.406 e. The van der Waals surface area contributed by atoms with Crippen LogP contribution in [0.2, 0.25) is 0 Å². The summed E-state index contributed by atoms with van der Waals surface area (Å²) in [4.78, 5) is 23.8. The number of carbonyl (C=O) groups is 2. The fourth-order valence-corrected chi connectivity index (χ4v) is 2.39. The minimum Gasteiger partial charge on any atom is -0.481 e. The van der Waals surface area contributed by atoms with Gasteiger partial charge in [0.05, 0.1) is 13.2 Å². The van der Waals surface area contributed by atoms with Crippen LogP contribution in [0.15, 0.2) is 0 Å². The third kappa shape index (κ3) is 3.05. The zero-order chi connectivity index (χ0) is 15.7. The number of rotatable bonds is 2. The van der Waals surface area contributed by atoms with Crippen LogP contribution in [0.25, 0.3) is 0 Å². The largest absolute Gasteiger partial charge is 0.481 e. The average molecular weight is 311 g/mol. The Morgan fingerprint density at radius 2 is 1.81 bits per heavy atom. The highest BCUT2D eigenvalue weighted by atomic mass is 19.4. The zero-order valence-electron chi connectivity index (χ0n) is 11.2. The van der Waals surface area contributed by atoms with Crippen LogP contribution in [0.1, 0.15) is 6.42 Å². The van der Waals surface area contributed by atoms with Crippen LogP contribution < -0.4 is 5.43 Å². The lowest BCUT2D eigenvalue weighted by molar-refractivity contribution is -0.227. The summed E-state index contributed by atoms with van der Waals surface area (Å²) in [6.07, 6.45) is -5.53. The van der Waals surface area contributed by atoms with E-state index in [2.05, 4.69) is 5.43 Å². The van der Waals surface area contributed by atoms with Gasteiger partial charge in [-0.1, -0.05) is 0 Å². The van der Waals surface area contributed by atoms with E-state index in [1.807, 2.05) is 0 Å². The number of hydrogen-bond acceptors (Lipinski definition) is 4. The molecular formula is C11H16F3N3O4. The van der Waals surface area contributed by atoms with Gasteiger partial charge < -0.3 is 14.7 Å². The second kappa shape index (κ2) is 5.68. The standard InChI is InChI=1S/C11H16F3N3O4/c12-11(13,14)10(8(18)19)1-2-16(7-10)9(20)15-17-3-5-21-6-4-17/h1-7H2,(H,15,20)(H,18,19). The summed E-state index contributed by atoms with van der Waals surface area (Å²) in [6, 6.07) is -0.718. The van der Waals surface area contributed by atoms with Crippen LogP contribution in [-0.2, 0) is 9.53 Å². The van der Waals surface area contributed by atoms with Crippen LogP contribution in [0, 0.1) is 5.41 Å². The number of carboxylic acids is 1. The molecule has 0 radical (unpaired) electrons. The van der Waals surface area contributed by atoms with Gasteiger partial charge in [-0.25, -0.2) is 9.80 Å². The van der Waals surface area contributed by atoms with E-state index in [1.54, 1.807) is 5.01 Å². The van der Waals surface area contributed by atoms with Crippen LogP contribution in [-0.4, -0.2) is 72.6 Å². The van der Waals surface area contributed by atoms with Crippen molar-refractivity contribution < 1.29 is 32.6 Å². The molecule has 2 N–H and O–H groups in total. The molecular weight excluding hydrogens is 295 g/mol. The van der Waals surface area contributed by atoms with Crippen LogP contribution >= 0.6 is 0 Å². The maximum atomic E-state index is 13.0. The third-order valence-corrected chi connectivity index (χ3v) is 3.77. The Morgan fingerprint density at radius 1 is 1.19 bits per heavy atom. The first-order chi connectivity index (χ1) is 9.76. The number of hydrogen-bond donors (Lipinski definition) is 2. The number of ether oxygens (including phenoxy) is 1. The van der Waals surface area contributed by atoms with Gasteiger partial charge in [0.1, 0.15) is 0 Å². The van der Waals surface area contributed by atoms with Gasteiger partial charge in [-0.15, -0.1) is 0 Å². The molecule has 0 aromatic heterocycles. The number of alkyl halides is 3. The summed E-state index contributed by atoms with van der Waals surface area (Å²) in [6.45, 7) is 0.583. The van der Waals surface area contributed by atoms with Crippen molar-refractivity contribution in [3.63, 3.8) is 0 Å². The molecule has 7 nitrogen and oxygen atoms in total. The van der Waals surface area contributed by atoms with Gasteiger partial charge >= 0.3 is 18.2 Å². The molecule has 0 aromatic carbocycles. The molecule has 2 amide bonds. The molecule has 10 heteroatoms. The Balaban J connectivity index is 2.00. The van der Waals surface area contributed by atoms with Crippen LogP contribution in [0.5, 0.6) is 0 Å². The van der Waals surface area contributed by atoms with Crippen molar-refractivity contribution in [2.45, 2.75) is 12.6 Å². The molecule has 1 unspecified atom stereocenters. The van der Waals surface area contributed by atoms with Crippen molar-refractivity contribution in [3.8, 4) is 0 Å². The highest BCUT2D eigenvalue weighted by Gasteiger charge is 2.64. The monoisotopic (exact) mass is 311 g/mol. The van der Waals surface area contributed by atoms with Gasteiger partial charge in [-0.3, -0.25) is 10.2 Å². The molecule has 1 atom stereocenters. The molecule has 21 heavy (non-hydrogen) atoms. The summed E-state index contributed by atoms with van der Waals surface area (Å²) in [5.41, 5.74) is -0.411. The van der Waals surface area contributed by atoms with Gasteiger partial charge in [-0.2, -0.15) is 13.2 Å². The first-order valence-electron chi connectivity index (χ1n) is 6.45. The van der Waals surface area contributed by atoms with E-state index in [4.69, 9.17) is 9.84 Å². The number of urea groups is 1. The summed E-state index contributed by atoms with van der Waals surface area (Å²) in [5, 5.41) is 10.5. The summed E-state index contributed by atoms with van der Waals surface area (Å²) >= 11 is 0. The van der Waals surface area contributed by atoms with Gasteiger partial charge in [-0.05, 0) is 6.42 Å². The number of hydrazine groups is 1. The molecule has 120 valence electrons. The quantitative estimate of drug-likeness (QED) is 0.765. The molecule has 0 aromatic rings. The van der Waals surface area contributed by atoms with Crippen molar-refractivity contribution in [2.75, 3.05) is 39.4 Å². The average Bonchev–Trinajstić information content (AvgIpc) is 2.86. The second-order valence-electron chi connectivity index (χ2n) is 5.07. The van der Waals surface area contributed by atoms with Crippen molar-refractivity contribution in [1.29, 1.82) is 0 Å². The SMILES string of the molecule is O=C(NN1CCOCC1)N1CCC(C(=O)O)(C(F)(F)F)C1. The molecule has 0 aliphatic carbocycles. The number of carbonyl (C=O) groups excluding carboxylic acids is 1. The van der Waals surface area contributed by atoms with E-state index in [0.29, 0.717) is 26.3 Å².